The Kier molecular flexibility index (Phi) is 6.42. The average Bonchev–Trinajstić information content (AvgIpc) is 3.07. The van der Waals surface area contributed by atoms with E-state index in [0.717, 1.165) is 17.0 Å². The number of hydrogen-bond acceptors (Lipinski definition) is 3. The van der Waals surface area contributed by atoms with Gasteiger partial charge in [0.1, 0.15) is 5.76 Å². The fourth-order valence-corrected chi connectivity index (χ4v) is 1.99. The Bertz CT molecular complexity index is 649. The van der Waals surface area contributed by atoms with Gasteiger partial charge < -0.3 is 20.4 Å². The van der Waals surface area contributed by atoms with Gasteiger partial charge in [0, 0.05) is 31.1 Å². The van der Waals surface area contributed by atoms with Gasteiger partial charge in [-0.2, -0.15) is 0 Å². The summed E-state index contributed by atoms with van der Waals surface area (Å²) < 4.78 is 5.20. The Balaban J connectivity index is 1.69. The number of amides is 3. The van der Waals surface area contributed by atoms with Crippen LogP contribution in [-0.2, 0) is 17.8 Å². The topological polar surface area (TPSA) is 83.4 Å². The van der Waals surface area contributed by atoms with Crippen LogP contribution in [0.3, 0.4) is 0 Å². The predicted octanol–water partition coefficient (Wildman–Crippen LogP) is 2.92. The van der Waals surface area contributed by atoms with Gasteiger partial charge in [0.15, 0.2) is 0 Å². The summed E-state index contributed by atoms with van der Waals surface area (Å²) in [4.78, 5) is 23.3. The zero-order valence-electron chi connectivity index (χ0n) is 14.0. The number of rotatable bonds is 7. The number of benzene rings is 1. The number of carbonyl (C=O) groups excluding carboxylic acids is 2. The average molecular weight is 329 g/mol. The van der Waals surface area contributed by atoms with Crippen molar-refractivity contribution in [2.75, 3.05) is 11.9 Å². The maximum absolute atomic E-state index is 11.7. The van der Waals surface area contributed by atoms with Crippen molar-refractivity contribution in [3.8, 4) is 0 Å². The van der Waals surface area contributed by atoms with E-state index in [-0.39, 0.29) is 17.9 Å². The first-order valence-electron chi connectivity index (χ1n) is 7.98. The summed E-state index contributed by atoms with van der Waals surface area (Å²) in [6, 6.07) is 10.9. The van der Waals surface area contributed by atoms with Crippen LogP contribution in [0, 0.1) is 5.92 Å². The standard InChI is InChI=1S/C18H23N3O3/c1-13(2)17(22)21-15-7-5-14(6-8-15)12-20-18(23)19-10-9-16-4-3-11-24-16/h3-8,11,13H,9-10,12H2,1-2H3,(H,21,22)(H2,19,20,23). The molecule has 0 fully saturated rings. The molecule has 0 aliphatic rings. The normalized spacial score (nSPS) is 10.5. The van der Waals surface area contributed by atoms with E-state index in [9.17, 15) is 9.59 Å². The molecule has 0 unspecified atom stereocenters. The molecular weight excluding hydrogens is 306 g/mol. The van der Waals surface area contributed by atoms with Gasteiger partial charge in [0.05, 0.1) is 6.26 Å². The number of urea groups is 1. The van der Waals surface area contributed by atoms with Crippen molar-refractivity contribution in [1.29, 1.82) is 0 Å². The van der Waals surface area contributed by atoms with Crippen LogP contribution in [0.15, 0.2) is 47.1 Å². The zero-order valence-corrected chi connectivity index (χ0v) is 14.0. The molecule has 0 bridgehead atoms. The Labute approximate surface area is 141 Å². The highest BCUT2D eigenvalue weighted by molar-refractivity contribution is 5.92. The summed E-state index contributed by atoms with van der Waals surface area (Å²) >= 11 is 0. The van der Waals surface area contributed by atoms with Crippen LogP contribution < -0.4 is 16.0 Å². The third kappa shape index (κ3) is 5.79. The molecule has 1 heterocycles. The summed E-state index contributed by atoms with van der Waals surface area (Å²) in [5.74, 6) is 0.766. The van der Waals surface area contributed by atoms with E-state index < -0.39 is 0 Å². The number of furan rings is 1. The summed E-state index contributed by atoms with van der Waals surface area (Å²) in [6.45, 7) is 4.63. The minimum Gasteiger partial charge on any atom is -0.469 e. The fourth-order valence-electron chi connectivity index (χ4n) is 1.99. The molecule has 128 valence electrons. The molecule has 0 aliphatic heterocycles. The highest BCUT2D eigenvalue weighted by Crippen LogP contribution is 2.10. The highest BCUT2D eigenvalue weighted by atomic mass is 16.3. The molecule has 2 rings (SSSR count). The van der Waals surface area contributed by atoms with Gasteiger partial charge in [-0.3, -0.25) is 4.79 Å². The van der Waals surface area contributed by atoms with E-state index in [1.807, 2.05) is 50.2 Å². The molecule has 0 saturated heterocycles. The van der Waals surface area contributed by atoms with Gasteiger partial charge in [-0.05, 0) is 29.8 Å². The van der Waals surface area contributed by atoms with E-state index >= 15 is 0 Å². The van der Waals surface area contributed by atoms with E-state index in [4.69, 9.17) is 4.42 Å². The Hall–Kier alpha value is -2.76. The van der Waals surface area contributed by atoms with Crippen molar-refractivity contribution < 1.29 is 14.0 Å². The van der Waals surface area contributed by atoms with Crippen LogP contribution in [0.25, 0.3) is 0 Å². The van der Waals surface area contributed by atoms with Gasteiger partial charge in [-0.15, -0.1) is 0 Å². The zero-order chi connectivity index (χ0) is 17.4. The largest absolute Gasteiger partial charge is 0.469 e. The molecule has 2 aromatic rings. The van der Waals surface area contributed by atoms with Gasteiger partial charge in [0.25, 0.3) is 0 Å². The molecule has 1 aromatic heterocycles. The van der Waals surface area contributed by atoms with Crippen molar-refractivity contribution in [3.63, 3.8) is 0 Å². The van der Waals surface area contributed by atoms with Crippen LogP contribution in [0.4, 0.5) is 10.5 Å². The van der Waals surface area contributed by atoms with Crippen molar-refractivity contribution in [2.24, 2.45) is 5.92 Å². The molecule has 3 amide bonds. The molecule has 0 atom stereocenters. The van der Waals surface area contributed by atoms with Crippen LogP contribution in [-0.4, -0.2) is 18.5 Å². The minimum atomic E-state index is -0.223. The third-order valence-corrected chi connectivity index (χ3v) is 3.44. The van der Waals surface area contributed by atoms with E-state index in [1.54, 1.807) is 6.26 Å². The van der Waals surface area contributed by atoms with Gasteiger partial charge in [-0.25, -0.2) is 4.79 Å². The first-order chi connectivity index (χ1) is 11.5. The van der Waals surface area contributed by atoms with Gasteiger partial charge in [-0.1, -0.05) is 26.0 Å². The third-order valence-electron chi connectivity index (χ3n) is 3.44. The molecule has 0 radical (unpaired) electrons. The molecule has 6 heteroatoms. The lowest BCUT2D eigenvalue weighted by molar-refractivity contribution is -0.118. The smallest absolute Gasteiger partial charge is 0.315 e. The molecule has 6 nitrogen and oxygen atoms in total. The first kappa shape index (κ1) is 17.6. The minimum absolute atomic E-state index is 0.0168. The highest BCUT2D eigenvalue weighted by Gasteiger charge is 2.07. The number of hydrogen-bond donors (Lipinski definition) is 3. The number of anilines is 1. The molecular formula is C18H23N3O3. The van der Waals surface area contributed by atoms with Gasteiger partial charge in [0.2, 0.25) is 5.91 Å². The SMILES string of the molecule is CC(C)C(=O)Nc1ccc(CNC(=O)NCCc2ccco2)cc1. The summed E-state index contributed by atoms with van der Waals surface area (Å²) in [6.07, 6.45) is 2.27. The van der Waals surface area contributed by atoms with Crippen molar-refractivity contribution in [3.05, 3.63) is 54.0 Å². The fraction of sp³-hybridized carbons (Fsp3) is 0.333. The van der Waals surface area contributed by atoms with Crippen molar-refractivity contribution in [1.82, 2.24) is 10.6 Å². The second-order valence-electron chi connectivity index (χ2n) is 5.78. The lowest BCUT2D eigenvalue weighted by Gasteiger charge is -2.09. The van der Waals surface area contributed by atoms with Gasteiger partial charge >= 0.3 is 6.03 Å². The number of carbonyl (C=O) groups is 2. The van der Waals surface area contributed by atoms with Crippen molar-refractivity contribution >= 4 is 17.6 Å². The number of nitrogens with one attached hydrogen (secondary N) is 3. The van der Waals surface area contributed by atoms with Crippen LogP contribution >= 0.6 is 0 Å². The second-order valence-corrected chi connectivity index (χ2v) is 5.78. The summed E-state index contributed by atoms with van der Waals surface area (Å²) in [5, 5.41) is 8.39. The lowest BCUT2D eigenvalue weighted by atomic mass is 10.1. The Morgan fingerprint density at radius 1 is 1.08 bits per heavy atom. The summed E-state index contributed by atoms with van der Waals surface area (Å²) in [7, 11) is 0. The van der Waals surface area contributed by atoms with Crippen molar-refractivity contribution in [2.45, 2.75) is 26.8 Å². The maximum Gasteiger partial charge on any atom is 0.315 e. The monoisotopic (exact) mass is 329 g/mol. The molecule has 0 saturated carbocycles. The quantitative estimate of drug-likeness (QED) is 0.730. The Morgan fingerprint density at radius 2 is 1.83 bits per heavy atom. The lowest BCUT2D eigenvalue weighted by Crippen LogP contribution is -2.36. The van der Waals surface area contributed by atoms with E-state index in [1.165, 1.54) is 0 Å². The van der Waals surface area contributed by atoms with E-state index in [0.29, 0.717) is 19.5 Å². The molecule has 3 N–H and O–H groups in total. The summed E-state index contributed by atoms with van der Waals surface area (Å²) in [5.41, 5.74) is 1.71. The maximum atomic E-state index is 11.7. The van der Waals surface area contributed by atoms with E-state index in [2.05, 4.69) is 16.0 Å². The van der Waals surface area contributed by atoms with Crippen LogP contribution in [0.2, 0.25) is 0 Å². The second kappa shape index (κ2) is 8.76. The molecule has 1 aromatic carbocycles. The Morgan fingerprint density at radius 3 is 2.46 bits per heavy atom. The predicted molar refractivity (Wildman–Crippen MR) is 92.6 cm³/mol. The molecule has 24 heavy (non-hydrogen) atoms. The van der Waals surface area contributed by atoms with Crippen LogP contribution in [0.5, 0.6) is 0 Å². The molecule has 0 aliphatic carbocycles. The molecule has 0 spiro atoms. The van der Waals surface area contributed by atoms with Crippen LogP contribution in [0.1, 0.15) is 25.2 Å². The first-order valence-corrected chi connectivity index (χ1v) is 7.98.